The second kappa shape index (κ2) is 12.0. The normalized spacial score (nSPS) is 17.6. The predicted octanol–water partition coefficient (Wildman–Crippen LogP) is 4.41. The van der Waals surface area contributed by atoms with Gasteiger partial charge in [-0.3, -0.25) is 14.4 Å². The highest BCUT2D eigenvalue weighted by Gasteiger charge is 2.34. The number of ether oxygens (including phenoxy) is 1. The monoisotopic (exact) mass is 528 g/mol. The Balaban J connectivity index is 1.43. The smallest absolute Gasteiger partial charge is 0.419 e. The lowest BCUT2D eigenvalue weighted by Gasteiger charge is -2.26. The third-order valence-electron chi connectivity index (χ3n) is 6.10. The molecule has 12 heteroatoms. The first-order valence-corrected chi connectivity index (χ1v) is 11.5. The number of carbonyl (C=O) groups excluding carboxylic acids is 2. The van der Waals surface area contributed by atoms with E-state index in [1.807, 2.05) is 0 Å². The van der Waals surface area contributed by atoms with E-state index in [4.69, 9.17) is 9.84 Å². The Bertz CT molecular complexity index is 1150. The van der Waals surface area contributed by atoms with Crippen molar-refractivity contribution >= 4 is 17.8 Å². The van der Waals surface area contributed by atoms with E-state index in [-0.39, 0.29) is 41.8 Å². The van der Waals surface area contributed by atoms with Crippen molar-refractivity contribution in [2.24, 2.45) is 11.8 Å². The molecule has 3 rings (SSSR count). The van der Waals surface area contributed by atoms with E-state index in [0.717, 1.165) is 12.1 Å². The zero-order valence-corrected chi connectivity index (χ0v) is 19.5. The van der Waals surface area contributed by atoms with Crippen LogP contribution < -0.4 is 15.4 Å². The van der Waals surface area contributed by atoms with Crippen molar-refractivity contribution in [1.29, 1.82) is 0 Å². The molecular formula is C25H25F5N2O5. The maximum absolute atomic E-state index is 14.4. The summed E-state index contributed by atoms with van der Waals surface area (Å²) < 4.78 is 71.5. The van der Waals surface area contributed by atoms with Crippen LogP contribution in [-0.4, -0.2) is 42.6 Å². The molecule has 0 spiro atoms. The van der Waals surface area contributed by atoms with Crippen LogP contribution in [0.15, 0.2) is 36.4 Å². The standard InChI is InChI=1S/C25H25F5N2O5/c26-20-12-17(37-13-14-1-3-15(4-2-14)24(35)36)6-7-18(20)23(34)32-10-9-31-22(33)16-5-8-19(21(27)11-16)25(28,29)30/h5-8,11-12,14-15H,1-4,9-10,13H2,(H,31,33)(H,32,34)(H,35,36). The van der Waals surface area contributed by atoms with Gasteiger partial charge in [0.1, 0.15) is 17.4 Å². The van der Waals surface area contributed by atoms with Crippen molar-refractivity contribution in [3.63, 3.8) is 0 Å². The lowest BCUT2D eigenvalue weighted by atomic mass is 9.82. The van der Waals surface area contributed by atoms with Crippen molar-refractivity contribution in [3.05, 3.63) is 64.7 Å². The Morgan fingerprint density at radius 1 is 0.892 bits per heavy atom. The molecule has 2 aromatic carbocycles. The maximum Gasteiger partial charge on any atom is 0.419 e. The number of rotatable bonds is 9. The van der Waals surface area contributed by atoms with E-state index in [0.29, 0.717) is 44.4 Å². The number of amides is 2. The van der Waals surface area contributed by atoms with Crippen LogP contribution in [0.2, 0.25) is 0 Å². The van der Waals surface area contributed by atoms with E-state index >= 15 is 0 Å². The fourth-order valence-corrected chi connectivity index (χ4v) is 4.00. The minimum atomic E-state index is -4.88. The zero-order valence-electron chi connectivity index (χ0n) is 19.5. The van der Waals surface area contributed by atoms with Crippen molar-refractivity contribution in [1.82, 2.24) is 10.6 Å². The number of carboxylic acid groups (broad SMARTS) is 1. The molecule has 200 valence electrons. The van der Waals surface area contributed by atoms with Gasteiger partial charge in [0, 0.05) is 24.7 Å². The van der Waals surface area contributed by atoms with Gasteiger partial charge < -0.3 is 20.5 Å². The molecule has 37 heavy (non-hydrogen) atoms. The number of alkyl halides is 3. The quantitative estimate of drug-likeness (QED) is 0.330. The topological polar surface area (TPSA) is 105 Å². The van der Waals surface area contributed by atoms with Gasteiger partial charge in [-0.1, -0.05) is 0 Å². The van der Waals surface area contributed by atoms with Crippen molar-refractivity contribution in [2.45, 2.75) is 31.9 Å². The van der Waals surface area contributed by atoms with Gasteiger partial charge in [-0.05, 0) is 61.9 Å². The number of hydrogen-bond donors (Lipinski definition) is 3. The summed E-state index contributed by atoms with van der Waals surface area (Å²) in [4.78, 5) is 35.3. The minimum Gasteiger partial charge on any atom is -0.493 e. The third-order valence-corrected chi connectivity index (χ3v) is 6.10. The van der Waals surface area contributed by atoms with Crippen molar-refractivity contribution < 1.29 is 46.2 Å². The van der Waals surface area contributed by atoms with Gasteiger partial charge >= 0.3 is 12.1 Å². The van der Waals surface area contributed by atoms with Gasteiger partial charge in [0.15, 0.2) is 0 Å². The van der Waals surface area contributed by atoms with Gasteiger partial charge in [-0.25, -0.2) is 8.78 Å². The molecule has 0 radical (unpaired) electrons. The van der Waals surface area contributed by atoms with E-state index in [1.54, 1.807) is 0 Å². The summed E-state index contributed by atoms with van der Waals surface area (Å²) in [5.74, 6) is -4.76. The summed E-state index contributed by atoms with van der Waals surface area (Å²) in [5, 5.41) is 13.8. The second-order valence-electron chi connectivity index (χ2n) is 8.71. The van der Waals surface area contributed by atoms with Gasteiger partial charge in [0.05, 0.1) is 23.7 Å². The predicted molar refractivity (Wildman–Crippen MR) is 121 cm³/mol. The minimum absolute atomic E-state index is 0.121. The summed E-state index contributed by atoms with van der Waals surface area (Å²) in [5.41, 5.74) is -2.07. The number of carbonyl (C=O) groups is 3. The number of halogens is 5. The summed E-state index contributed by atoms with van der Waals surface area (Å²) in [6.45, 7) is 0.0460. The number of carboxylic acids is 1. The molecule has 0 heterocycles. The maximum atomic E-state index is 14.4. The molecule has 0 aliphatic heterocycles. The first-order chi connectivity index (χ1) is 17.5. The SMILES string of the molecule is O=C(NCCNC(=O)c1ccc(OCC2CCC(C(=O)O)CC2)cc1F)c1ccc(C(F)(F)F)c(F)c1. The molecule has 2 amide bonds. The first-order valence-electron chi connectivity index (χ1n) is 11.5. The van der Waals surface area contributed by atoms with Crippen molar-refractivity contribution in [3.8, 4) is 5.75 Å². The van der Waals surface area contributed by atoms with Crippen LogP contribution >= 0.6 is 0 Å². The average molecular weight is 528 g/mol. The highest BCUT2D eigenvalue weighted by molar-refractivity contribution is 5.95. The Labute approximate surface area is 209 Å². The second-order valence-corrected chi connectivity index (χ2v) is 8.71. The molecule has 2 aromatic rings. The van der Waals surface area contributed by atoms with Crippen LogP contribution in [0, 0.1) is 23.5 Å². The largest absolute Gasteiger partial charge is 0.493 e. The van der Waals surface area contributed by atoms with Crippen LogP contribution in [-0.2, 0) is 11.0 Å². The average Bonchev–Trinajstić information content (AvgIpc) is 2.84. The molecule has 0 bridgehead atoms. The summed E-state index contributed by atoms with van der Waals surface area (Å²) in [7, 11) is 0. The van der Waals surface area contributed by atoms with Gasteiger partial charge in [0.2, 0.25) is 0 Å². The third kappa shape index (κ3) is 7.64. The van der Waals surface area contributed by atoms with E-state index < -0.39 is 41.2 Å². The van der Waals surface area contributed by atoms with Crippen LogP contribution in [0.5, 0.6) is 5.75 Å². The Morgan fingerprint density at radius 2 is 1.54 bits per heavy atom. The molecule has 0 aromatic heterocycles. The number of benzene rings is 2. The molecule has 3 N–H and O–H groups in total. The molecule has 1 fully saturated rings. The number of aliphatic carboxylic acids is 1. The number of hydrogen-bond acceptors (Lipinski definition) is 4. The highest BCUT2D eigenvalue weighted by Crippen LogP contribution is 2.32. The lowest BCUT2D eigenvalue weighted by Crippen LogP contribution is -2.35. The fourth-order valence-electron chi connectivity index (χ4n) is 4.00. The van der Waals surface area contributed by atoms with Crippen LogP contribution in [0.1, 0.15) is 52.0 Å². The highest BCUT2D eigenvalue weighted by atomic mass is 19.4. The van der Waals surface area contributed by atoms with Crippen LogP contribution in [0.3, 0.4) is 0 Å². The first kappa shape index (κ1) is 27.9. The van der Waals surface area contributed by atoms with Crippen molar-refractivity contribution in [2.75, 3.05) is 19.7 Å². The van der Waals surface area contributed by atoms with Gasteiger partial charge in [0.25, 0.3) is 11.8 Å². The Morgan fingerprint density at radius 3 is 2.11 bits per heavy atom. The molecule has 7 nitrogen and oxygen atoms in total. The van der Waals surface area contributed by atoms with E-state index in [2.05, 4.69) is 10.6 Å². The Kier molecular flexibility index (Phi) is 9.06. The van der Waals surface area contributed by atoms with Crippen LogP contribution in [0.25, 0.3) is 0 Å². The molecule has 0 saturated heterocycles. The molecule has 0 unspecified atom stereocenters. The van der Waals surface area contributed by atoms with E-state index in [1.165, 1.54) is 12.1 Å². The molecular weight excluding hydrogens is 503 g/mol. The summed E-state index contributed by atoms with van der Waals surface area (Å²) >= 11 is 0. The lowest BCUT2D eigenvalue weighted by molar-refractivity contribution is -0.143. The zero-order chi connectivity index (χ0) is 27.2. The fraction of sp³-hybridized carbons (Fsp3) is 0.400. The van der Waals surface area contributed by atoms with Gasteiger partial charge in [-0.15, -0.1) is 0 Å². The summed E-state index contributed by atoms with van der Waals surface area (Å²) in [6, 6.07) is 5.51. The summed E-state index contributed by atoms with van der Waals surface area (Å²) in [6.07, 6.45) is -2.35. The Hall–Kier alpha value is -3.70. The van der Waals surface area contributed by atoms with Gasteiger partial charge in [-0.2, -0.15) is 13.2 Å². The molecule has 1 saturated carbocycles. The number of nitrogens with one attached hydrogen (secondary N) is 2. The van der Waals surface area contributed by atoms with Crippen LogP contribution in [0.4, 0.5) is 22.0 Å². The molecule has 1 aliphatic rings. The van der Waals surface area contributed by atoms with E-state index in [9.17, 15) is 36.3 Å². The molecule has 1 aliphatic carbocycles. The molecule has 0 atom stereocenters.